The third-order valence-corrected chi connectivity index (χ3v) is 2.74. The first kappa shape index (κ1) is 13.5. The molecule has 0 fully saturated rings. The van der Waals surface area contributed by atoms with Crippen LogP contribution < -0.4 is 5.56 Å². The summed E-state index contributed by atoms with van der Waals surface area (Å²) in [6.07, 6.45) is 1.38. The Balaban J connectivity index is 2.24. The molecule has 0 spiro atoms. The Morgan fingerprint density at radius 2 is 1.90 bits per heavy atom. The Labute approximate surface area is 112 Å². The van der Waals surface area contributed by atoms with Crippen molar-refractivity contribution in [2.45, 2.75) is 6.54 Å². The highest BCUT2D eigenvalue weighted by atomic mass is 16.6. The van der Waals surface area contributed by atoms with E-state index in [9.17, 15) is 19.7 Å². The molecule has 1 N–H and O–H groups in total. The van der Waals surface area contributed by atoms with Crippen LogP contribution in [0.15, 0.2) is 47.4 Å². The van der Waals surface area contributed by atoms with Crippen molar-refractivity contribution >= 4 is 11.7 Å². The molecular formula is C13H10N2O5. The molecule has 0 aliphatic heterocycles. The van der Waals surface area contributed by atoms with Gasteiger partial charge in [0.05, 0.1) is 17.0 Å². The van der Waals surface area contributed by atoms with Gasteiger partial charge >= 0.3 is 5.97 Å². The molecule has 0 radical (unpaired) electrons. The largest absolute Gasteiger partial charge is 0.478 e. The van der Waals surface area contributed by atoms with E-state index in [0.717, 1.165) is 6.07 Å². The van der Waals surface area contributed by atoms with Crippen molar-refractivity contribution in [2.24, 2.45) is 0 Å². The van der Waals surface area contributed by atoms with Gasteiger partial charge in [-0.05, 0) is 11.6 Å². The number of benzene rings is 1. The molecule has 0 aliphatic carbocycles. The minimum atomic E-state index is -1.16. The van der Waals surface area contributed by atoms with Gasteiger partial charge in [-0.1, -0.05) is 12.1 Å². The summed E-state index contributed by atoms with van der Waals surface area (Å²) in [6, 6.07) is 8.17. The van der Waals surface area contributed by atoms with E-state index in [2.05, 4.69) is 0 Å². The van der Waals surface area contributed by atoms with E-state index in [-0.39, 0.29) is 17.8 Å². The lowest BCUT2D eigenvalue weighted by Crippen LogP contribution is -2.20. The fraction of sp³-hybridized carbons (Fsp3) is 0.0769. The predicted molar refractivity (Wildman–Crippen MR) is 69.9 cm³/mol. The molecule has 20 heavy (non-hydrogen) atoms. The first-order valence-corrected chi connectivity index (χ1v) is 5.64. The third kappa shape index (κ3) is 2.89. The molecule has 1 aromatic heterocycles. The van der Waals surface area contributed by atoms with Crippen LogP contribution >= 0.6 is 0 Å². The summed E-state index contributed by atoms with van der Waals surface area (Å²) in [6.45, 7) is 0.219. The third-order valence-electron chi connectivity index (χ3n) is 2.74. The standard InChI is InChI=1S/C13H10N2O5/c16-12-7-10(13(17)18)5-6-14(12)8-9-1-3-11(4-2-9)15(19)20/h1-7H,8H2,(H,17,18). The van der Waals surface area contributed by atoms with Gasteiger partial charge in [-0.15, -0.1) is 0 Å². The van der Waals surface area contributed by atoms with Crippen molar-refractivity contribution in [1.29, 1.82) is 0 Å². The number of pyridine rings is 1. The van der Waals surface area contributed by atoms with Gasteiger partial charge in [0, 0.05) is 24.4 Å². The van der Waals surface area contributed by atoms with E-state index >= 15 is 0 Å². The van der Waals surface area contributed by atoms with Crippen LogP contribution in [-0.2, 0) is 6.54 Å². The predicted octanol–water partition coefficient (Wildman–Crippen LogP) is 1.50. The summed E-state index contributed by atoms with van der Waals surface area (Å²) in [5, 5.41) is 19.3. The lowest BCUT2D eigenvalue weighted by atomic mass is 10.2. The molecule has 1 heterocycles. The van der Waals surface area contributed by atoms with Gasteiger partial charge in [0.1, 0.15) is 0 Å². The van der Waals surface area contributed by atoms with Crippen LogP contribution in [0.25, 0.3) is 0 Å². The fourth-order valence-corrected chi connectivity index (χ4v) is 1.69. The monoisotopic (exact) mass is 274 g/mol. The first-order valence-electron chi connectivity index (χ1n) is 5.64. The summed E-state index contributed by atoms with van der Waals surface area (Å²) in [4.78, 5) is 32.4. The SMILES string of the molecule is O=C(O)c1ccn(Cc2ccc([N+](=O)[O-])cc2)c(=O)c1. The number of hydrogen-bond acceptors (Lipinski definition) is 4. The van der Waals surface area contributed by atoms with Crippen LogP contribution in [0.1, 0.15) is 15.9 Å². The number of carbonyl (C=O) groups is 1. The van der Waals surface area contributed by atoms with Crippen molar-refractivity contribution in [2.75, 3.05) is 0 Å². The van der Waals surface area contributed by atoms with Gasteiger partial charge < -0.3 is 9.67 Å². The van der Waals surface area contributed by atoms with Crippen molar-refractivity contribution in [1.82, 2.24) is 4.57 Å². The second kappa shape index (κ2) is 5.35. The number of rotatable bonds is 4. The van der Waals surface area contributed by atoms with Crippen LogP contribution in [0.4, 0.5) is 5.69 Å². The van der Waals surface area contributed by atoms with Gasteiger partial charge in [0.2, 0.25) is 0 Å². The zero-order valence-electron chi connectivity index (χ0n) is 10.2. The van der Waals surface area contributed by atoms with Gasteiger partial charge in [0.25, 0.3) is 11.2 Å². The summed E-state index contributed by atoms with van der Waals surface area (Å²) in [5.74, 6) is -1.16. The number of aromatic nitrogens is 1. The van der Waals surface area contributed by atoms with Crippen molar-refractivity contribution in [3.8, 4) is 0 Å². The molecule has 102 valence electrons. The molecule has 0 atom stereocenters. The summed E-state index contributed by atoms with van der Waals surface area (Å²) in [5.41, 5.74) is 0.168. The Bertz CT molecular complexity index is 718. The Hall–Kier alpha value is -2.96. The van der Waals surface area contributed by atoms with Gasteiger partial charge in [-0.25, -0.2) is 4.79 Å². The van der Waals surface area contributed by atoms with Gasteiger partial charge in [0.15, 0.2) is 0 Å². The van der Waals surface area contributed by atoms with E-state index < -0.39 is 16.5 Å². The zero-order chi connectivity index (χ0) is 14.7. The number of nitro groups is 1. The average Bonchev–Trinajstić information content (AvgIpc) is 2.41. The van der Waals surface area contributed by atoms with Crippen molar-refractivity contribution in [3.63, 3.8) is 0 Å². The Morgan fingerprint density at radius 1 is 1.25 bits per heavy atom. The summed E-state index contributed by atoms with van der Waals surface area (Å²) < 4.78 is 1.33. The zero-order valence-corrected chi connectivity index (χ0v) is 10.2. The van der Waals surface area contributed by atoms with Crippen LogP contribution in [-0.4, -0.2) is 20.6 Å². The normalized spacial score (nSPS) is 10.2. The molecule has 7 nitrogen and oxygen atoms in total. The Kier molecular flexibility index (Phi) is 3.60. The average molecular weight is 274 g/mol. The number of aromatic carboxylic acids is 1. The molecule has 0 amide bonds. The van der Waals surface area contributed by atoms with E-state index in [1.807, 2.05) is 0 Å². The minimum absolute atomic E-state index is 0.0256. The van der Waals surface area contributed by atoms with Crippen molar-refractivity contribution < 1.29 is 14.8 Å². The number of nitro benzene ring substituents is 1. The number of non-ortho nitro benzene ring substituents is 1. The van der Waals surface area contributed by atoms with Gasteiger partial charge in [-0.3, -0.25) is 14.9 Å². The molecule has 0 aliphatic rings. The maximum atomic E-state index is 11.7. The lowest BCUT2D eigenvalue weighted by Gasteiger charge is -2.05. The fourth-order valence-electron chi connectivity index (χ4n) is 1.69. The van der Waals surface area contributed by atoms with Crippen molar-refractivity contribution in [3.05, 3.63) is 74.2 Å². The Morgan fingerprint density at radius 3 is 2.40 bits per heavy atom. The van der Waals surface area contributed by atoms with Crippen LogP contribution in [0, 0.1) is 10.1 Å². The molecule has 1 aromatic carbocycles. The van der Waals surface area contributed by atoms with E-state index in [4.69, 9.17) is 5.11 Å². The molecule has 2 rings (SSSR count). The molecule has 2 aromatic rings. The van der Waals surface area contributed by atoms with Crippen LogP contribution in [0.3, 0.4) is 0 Å². The molecule has 0 saturated carbocycles. The number of nitrogens with zero attached hydrogens (tertiary/aromatic N) is 2. The highest BCUT2D eigenvalue weighted by Gasteiger charge is 2.07. The number of hydrogen-bond donors (Lipinski definition) is 1. The highest BCUT2D eigenvalue weighted by Crippen LogP contribution is 2.12. The lowest BCUT2D eigenvalue weighted by molar-refractivity contribution is -0.384. The van der Waals surface area contributed by atoms with Gasteiger partial charge in [-0.2, -0.15) is 0 Å². The maximum absolute atomic E-state index is 11.7. The maximum Gasteiger partial charge on any atom is 0.335 e. The summed E-state index contributed by atoms with van der Waals surface area (Å²) in [7, 11) is 0. The molecule has 0 unspecified atom stereocenters. The van der Waals surface area contributed by atoms with Crippen LogP contribution in [0.2, 0.25) is 0 Å². The first-order chi connectivity index (χ1) is 9.47. The minimum Gasteiger partial charge on any atom is -0.478 e. The molecule has 0 saturated heterocycles. The second-order valence-corrected chi connectivity index (χ2v) is 4.11. The topological polar surface area (TPSA) is 102 Å². The highest BCUT2D eigenvalue weighted by molar-refractivity contribution is 5.87. The number of carboxylic acid groups (broad SMARTS) is 1. The van der Waals surface area contributed by atoms with Crippen LogP contribution in [0.5, 0.6) is 0 Å². The van der Waals surface area contributed by atoms with E-state index in [1.54, 1.807) is 12.1 Å². The van der Waals surface area contributed by atoms with E-state index in [1.165, 1.54) is 29.0 Å². The molecule has 7 heteroatoms. The van der Waals surface area contributed by atoms with E-state index in [0.29, 0.717) is 5.56 Å². The smallest absolute Gasteiger partial charge is 0.335 e. The quantitative estimate of drug-likeness (QED) is 0.672. The second-order valence-electron chi connectivity index (χ2n) is 4.11. The number of carboxylic acids is 1. The molecular weight excluding hydrogens is 264 g/mol. The molecule has 0 bridgehead atoms. The summed E-state index contributed by atoms with van der Waals surface area (Å²) >= 11 is 0.